The van der Waals surface area contributed by atoms with Crippen LogP contribution in [0, 0.1) is 11.3 Å². The second-order valence-electron chi connectivity index (χ2n) is 4.33. The molecular weight excluding hydrogens is 256 g/mol. The van der Waals surface area contributed by atoms with Gasteiger partial charge in [0.05, 0.1) is 12.6 Å². The van der Waals surface area contributed by atoms with Gasteiger partial charge in [0.15, 0.2) is 6.61 Å². The molecule has 0 aliphatic rings. The summed E-state index contributed by atoms with van der Waals surface area (Å²) in [6.07, 6.45) is 3.15. The number of rotatable bonds is 6. The van der Waals surface area contributed by atoms with Gasteiger partial charge in [-0.25, -0.2) is 0 Å². The third-order valence-corrected chi connectivity index (χ3v) is 2.87. The lowest BCUT2D eigenvalue weighted by atomic mass is 10.2. The van der Waals surface area contributed by atoms with E-state index >= 15 is 0 Å². The summed E-state index contributed by atoms with van der Waals surface area (Å²) in [7, 11) is 1.65. The summed E-state index contributed by atoms with van der Waals surface area (Å²) < 4.78 is 5.13. The lowest BCUT2D eigenvalue weighted by molar-refractivity contribution is -0.127. The molecule has 1 rings (SSSR count). The molecule has 1 N–H and O–H groups in total. The smallest absolute Gasteiger partial charge is 0.246 e. The van der Waals surface area contributed by atoms with Gasteiger partial charge in [0.1, 0.15) is 11.8 Å². The van der Waals surface area contributed by atoms with Crippen molar-refractivity contribution in [3.63, 3.8) is 0 Å². The molecule has 5 nitrogen and oxygen atoms in total. The van der Waals surface area contributed by atoms with Crippen LogP contribution in [0.2, 0.25) is 0 Å². The lowest BCUT2D eigenvalue weighted by Gasteiger charge is -2.21. The molecule has 0 aliphatic carbocycles. The van der Waals surface area contributed by atoms with Crippen molar-refractivity contribution in [2.45, 2.75) is 13.0 Å². The van der Waals surface area contributed by atoms with Crippen LogP contribution in [0.3, 0.4) is 0 Å². The summed E-state index contributed by atoms with van der Waals surface area (Å²) in [4.78, 5) is 13.3. The lowest BCUT2D eigenvalue weighted by Crippen LogP contribution is -2.36. The van der Waals surface area contributed by atoms with Crippen molar-refractivity contribution in [3.05, 3.63) is 35.9 Å². The Labute approximate surface area is 118 Å². The van der Waals surface area contributed by atoms with E-state index in [1.165, 1.54) is 11.0 Å². The van der Waals surface area contributed by atoms with Crippen molar-refractivity contribution < 1.29 is 14.6 Å². The Morgan fingerprint density at radius 1 is 1.50 bits per heavy atom. The summed E-state index contributed by atoms with van der Waals surface area (Å²) in [6, 6.07) is 8.75. The van der Waals surface area contributed by atoms with Gasteiger partial charge in [0.25, 0.3) is 0 Å². The highest BCUT2D eigenvalue weighted by Gasteiger charge is 2.11. The number of ether oxygens (including phenoxy) is 1. The molecule has 5 heteroatoms. The highest BCUT2D eigenvalue weighted by Crippen LogP contribution is 2.13. The number of nitriles is 1. The normalized spacial score (nSPS) is 11.9. The van der Waals surface area contributed by atoms with E-state index in [0.717, 1.165) is 5.56 Å². The Morgan fingerprint density at radius 2 is 2.15 bits per heavy atom. The van der Waals surface area contributed by atoms with Crippen LogP contribution in [0.5, 0.6) is 5.75 Å². The van der Waals surface area contributed by atoms with Gasteiger partial charge in [0.2, 0.25) is 5.91 Å². The molecule has 1 unspecified atom stereocenters. The zero-order valence-corrected chi connectivity index (χ0v) is 11.6. The predicted octanol–water partition coefficient (Wildman–Crippen LogP) is 1.44. The Hall–Kier alpha value is -2.32. The molecule has 0 radical (unpaired) electrons. The minimum absolute atomic E-state index is 0.0114. The number of benzene rings is 1. The number of aliphatic hydroxyl groups excluding tert-OH is 1. The summed E-state index contributed by atoms with van der Waals surface area (Å²) >= 11 is 0. The predicted molar refractivity (Wildman–Crippen MR) is 75.9 cm³/mol. The molecular formula is C15H18N2O3. The minimum Gasteiger partial charge on any atom is -0.479 e. The second kappa shape index (κ2) is 7.97. The van der Waals surface area contributed by atoms with E-state index in [4.69, 9.17) is 15.1 Å². The SMILES string of the molecule is CC(CO)N(C)C(=O)/C=C/c1ccc(OCC#N)cc1. The highest BCUT2D eigenvalue weighted by molar-refractivity contribution is 5.91. The standard InChI is InChI=1S/C15H18N2O3/c1-12(11-18)17(2)15(19)8-5-13-3-6-14(7-4-13)20-10-9-16/h3-8,12,18H,10-11H2,1-2H3/b8-5+. The first-order chi connectivity index (χ1) is 9.58. The third-order valence-electron chi connectivity index (χ3n) is 2.87. The van der Waals surface area contributed by atoms with E-state index < -0.39 is 0 Å². The third kappa shape index (κ3) is 4.75. The molecule has 0 heterocycles. The van der Waals surface area contributed by atoms with Crippen molar-refractivity contribution >= 4 is 12.0 Å². The van der Waals surface area contributed by atoms with Crippen LogP contribution in [0.15, 0.2) is 30.3 Å². The molecule has 1 aromatic rings. The quantitative estimate of drug-likeness (QED) is 0.797. The molecule has 1 atom stereocenters. The number of aliphatic hydroxyl groups is 1. The molecule has 20 heavy (non-hydrogen) atoms. The summed E-state index contributed by atoms with van der Waals surface area (Å²) in [6.45, 7) is 1.71. The second-order valence-corrected chi connectivity index (χ2v) is 4.33. The van der Waals surface area contributed by atoms with E-state index in [1.54, 1.807) is 44.3 Å². The molecule has 0 aromatic heterocycles. The Bertz CT molecular complexity index is 503. The average Bonchev–Trinajstić information content (AvgIpc) is 2.49. The minimum atomic E-state index is -0.214. The number of likely N-dealkylation sites (N-methyl/N-ethyl adjacent to an activating group) is 1. The van der Waals surface area contributed by atoms with Crippen molar-refractivity contribution in [3.8, 4) is 11.8 Å². The first kappa shape index (κ1) is 15.7. The van der Waals surface area contributed by atoms with Crippen LogP contribution in [0.4, 0.5) is 0 Å². The molecule has 0 aliphatic heterocycles. The topological polar surface area (TPSA) is 73.6 Å². The summed E-state index contributed by atoms with van der Waals surface area (Å²) in [5, 5.41) is 17.4. The number of hydrogen-bond acceptors (Lipinski definition) is 4. The Kier molecular flexibility index (Phi) is 6.27. The van der Waals surface area contributed by atoms with Crippen molar-refractivity contribution in [1.82, 2.24) is 4.90 Å². The van der Waals surface area contributed by atoms with Gasteiger partial charge < -0.3 is 14.7 Å². The maximum Gasteiger partial charge on any atom is 0.246 e. The van der Waals surface area contributed by atoms with Crippen molar-refractivity contribution in [2.24, 2.45) is 0 Å². The van der Waals surface area contributed by atoms with E-state index in [-0.39, 0.29) is 25.2 Å². The zero-order chi connectivity index (χ0) is 15.0. The van der Waals surface area contributed by atoms with Crippen LogP contribution >= 0.6 is 0 Å². The van der Waals surface area contributed by atoms with Crippen LogP contribution in [0.1, 0.15) is 12.5 Å². The molecule has 0 bridgehead atoms. The van der Waals surface area contributed by atoms with Gasteiger partial charge in [-0.05, 0) is 30.7 Å². The summed E-state index contributed by atoms with van der Waals surface area (Å²) in [5.74, 6) is 0.442. The molecule has 106 valence electrons. The van der Waals surface area contributed by atoms with Gasteiger partial charge in [-0.15, -0.1) is 0 Å². The number of carbonyl (C=O) groups excluding carboxylic acids is 1. The van der Waals surface area contributed by atoms with Gasteiger partial charge in [-0.1, -0.05) is 12.1 Å². The zero-order valence-electron chi connectivity index (χ0n) is 11.6. The largest absolute Gasteiger partial charge is 0.479 e. The van der Waals surface area contributed by atoms with Crippen molar-refractivity contribution in [2.75, 3.05) is 20.3 Å². The van der Waals surface area contributed by atoms with Crippen LogP contribution < -0.4 is 4.74 Å². The van der Waals surface area contributed by atoms with Crippen LogP contribution in [0.25, 0.3) is 6.08 Å². The number of carbonyl (C=O) groups is 1. The van der Waals surface area contributed by atoms with Gasteiger partial charge >= 0.3 is 0 Å². The van der Waals surface area contributed by atoms with Gasteiger partial charge in [0, 0.05) is 13.1 Å². The Morgan fingerprint density at radius 3 is 2.70 bits per heavy atom. The van der Waals surface area contributed by atoms with Gasteiger partial charge in [-0.2, -0.15) is 5.26 Å². The molecule has 0 saturated carbocycles. The average molecular weight is 274 g/mol. The number of hydrogen-bond donors (Lipinski definition) is 1. The fraction of sp³-hybridized carbons (Fsp3) is 0.333. The van der Waals surface area contributed by atoms with E-state index in [1.807, 2.05) is 6.07 Å². The maximum atomic E-state index is 11.8. The Balaban J connectivity index is 2.62. The fourth-order valence-electron chi connectivity index (χ4n) is 1.42. The van der Waals surface area contributed by atoms with E-state index in [0.29, 0.717) is 5.75 Å². The first-order valence-corrected chi connectivity index (χ1v) is 6.24. The highest BCUT2D eigenvalue weighted by atomic mass is 16.5. The fourth-order valence-corrected chi connectivity index (χ4v) is 1.42. The first-order valence-electron chi connectivity index (χ1n) is 6.24. The molecule has 0 saturated heterocycles. The van der Waals surface area contributed by atoms with Crippen molar-refractivity contribution in [1.29, 1.82) is 5.26 Å². The number of nitrogens with zero attached hydrogens (tertiary/aromatic N) is 2. The summed E-state index contributed by atoms with van der Waals surface area (Å²) in [5.41, 5.74) is 0.854. The van der Waals surface area contributed by atoms with E-state index in [9.17, 15) is 4.79 Å². The van der Waals surface area contributed by atoms with Crippen LogP contribution in [-0.4, -0.2) is 42.2 Å². The molecule has 1 amide bonds. The van der Waals surface area contributed by atoms with E-state index in [2.05, 4.69) is 0 Å². The van der Waals surface area contributed by atoms with Crippen LogP contribution in [-0.2, 0) is 4.79 Å². The molecule has 1 aromatic carbocycles. The monoisotopic (exact) mass is 274 g/mol. The molecule has 0 fully saturated rings. The maximum absolute atomic E-state index is 11.8. The number of amides is 1. The van der Waals surface area contributed by atoms with Gasteiger partial charge in [-0.3, -0.25) is 4.79 Å². The molecule has 0 spiro atoms.